The van der Waals surface area contributed by atoms with Gasteiger partial charge < -0.3 is 5.32 Å². The molecule has 1 heterocycles. The van der Waals surface area contributed by atoms with Gasteiger partial charge in [0.25, 0.3) is 0 Å². The SMILES string of the molecule is C=C[C@@H](c1c(F)cc(Cl)cc1F)N1CCNCC1. The fraction of sp³-hybridized carbons (Fsp3) is 0.385. The van der Waals surface area contributed by atoms with Crippen LogP contribution in [0.3, 0.4) is 0 Å². The first kappa shape index (κ1) is 13.5. The van der Waals surface area contributed by atoms with Crippen LogP contribution in [0.4, 0.5) is 8.78 Å². The van der Waals surface area contributed by atoms with Crippen molar-refractivity contribution < 1.29 is 8.78 Å². The number of benzene rings is 1. The molecule has 1 aromatic rings. The predicted molar refractivity (Wildman–Crippen MR) is 68.7 cm³/mol. The highest BCUT2D eigenvalue weighted by Gasteiger charge is 2.25. The first-order chi connectivity index (χ1) is 8.63. The molecule has 0 aliphatic carbocycles. The van der Waals surface area contributed by atoms with E-state index >= 15 is 0 Å². The smallest absolute Gasteiger partial charge is 0.132 e. The molecule has 0 radical (unpaired) electrons. The van der Waals surface area contributed by atoms with Gasteiger partial charge in [0, 0.05) is 36.8 Å². The van der Waals surface area contributed by atoms with Crippen molar-refractivity contribution in [3.63, 3.8) is 0 Å². The molecule has 18 heavy (non-hydrogen) atoms. The number of nitrogens with one attached hydrogen (secondary N) is 1. The van der Waals surface area contributed by atoms with Gasteiger partial charge in [-0.2, -0.15) is 0 Å². The monoisotopic (exact) mass is 272 g/mol. The van der Waals surface area contributed by atoms with Crippen LogP contribution >= 0.6 is 11.6 Å². The van der Waals surface area contributed by atoms with E-state index in [-0.39, 0.29) is 10.6 Å². The molecule has 98 valence electrons. The van der Waals surface area contributed by atoms with Gasteiger partial charge in [-0.25, -0.2) is 8.78 Å². The van der Waals surface area contributed by atoms with Gasteiger partial charge in [-0.05, 0) is 12.1 Å². The van der Waals surface area contributed by atoms with Gasteiger partial charge in [0.1, 0.15) is 11.6 Å². The summed E-state index contributed by atoms with van der Waals surface area (Å²) in [6.45, 7) is 6.77. The van der Waals surface area contributed by atoms with E-state index in [2.05, 4.69) is 11.9 Å². The fourth-order valence-electron chi connectivity index (χ4n) is 2.25. The van der Waals surface area contributed by atoms with Crippen LogP contribution in [0.5, 0.6) is 0 Å². The molecule has 1 atom stereocenters. The van der Waals surface area contributed by atoms with Crippen molar-refractivity contribution in [1.82, 2.24) is 10.2 Å². The minimum absolute atomic E-state index is 0.0244. The minimum atomic E-state index is -0.622. The number of nitrogens with zero attached hydrogens (tertiary/aromatic N) is 1. The third-order valence-electron chi connectivity index (χ3n) is 3.11. The van der Waals surface area contributed by atoms with E-state index in [9.17, 15) is 8.78 Å². The Kier molecular flexibility index (Phi) is 4.32. The van der Waals surface area contributed by atoms with E-state index in [0.29, 0.717) is 0 Å². The third kappa shape index (κ3) is 2.71. The molecule has 2 nitrogen and oxygen atoms in total. The molecule has 0 amide bonds. The molecule has 1 aromatic carbocycles. The molecule has 1 N–H and O–H groups in total. The summed E-state index contributed by atoms with van der Waals surface area (Å²) in [7, 11) is 0. The molecule has 5 heteroatoms. The average molecular weight is 273 g/mol. The minimum Gasteiger partial charge on any atom is -0.314 e. The van der Waals surface area contributed by atoms with Crippen LogP contribution in [-0.2, 0) is 0 Å². The topological polar surface area (TPSA) is 15.3 Å². The first-order valence-electron chi connectivity index (χ1n) is 5.85. The summed E-state index contributed by atoms with van der Waals surface area (Å²) >= 11 is 5.63. The van der Waals surface area contributed by atoms with Crippen LogP contribution in [0.1, 0.15) is 11.6 Å². The second-order valence-electron chi connectivity index (χ2n) is 4.25. The predicted octanol–water partition coefficient (Wildman–Crippen LogP) is 2.75. The number of hydrogen-bond acceptors (Lipinski definition) is 2. The molecular formula is C13H15ClF2N2. The highest BCUT2D eigenvalue weighted by atomic mass is 35.5. The van der Waals surface area contributed by atoms with Crippen molar-refractivity contribution >= 4 is 11.6 Å². The lowest BCUT2D eigenvalue weighted by Crippen LogP contribution is -2.45. The van der Waals surface area contributed by atoms with Crippen molar-refractivity contribution in [3.8, 4) is 0 Å². The van der Waals surface area contributed by atoms with Crippen molar-refractivity contribution in [2.45, 2.75) is 6.04 Å². The zero-order chi connectivity index (χ0) is 13.1. The Morgan fingerprint density at radius 2 is 1.83 bits per heavy atom. The molecule has 0 aromatic heterocycles. The van der Waals surface area contributed by atoms with Crippen LogP contribution in [0.2, 0.25) is 5.02 Å². The van der Waals surface area contributed by atoms with Gasteiger partial charge in [0.2, 0.25) is 0 Å². The Morgan fingerprint density at radius 3 is 2.33 bits per heavy atom. The largest absolute Gasteiger partial charge is 0.314 e. The highest BCUT2D eigenvalue weighted by molar-refractivity contribution is 6.30. The van der Waals surface area contributed by atoms with Crippen LogP contribution in [0.25, 0.3) is 0 Å². The summed E-state index contributed by atoms with van der Waals surface area (Å²) in [5.74, 6) is -1.24. The summed E-state index contributed by atoms with van der Waals surface area (Å²) in [5, 5.41) is 3.27. The molecule has 0 bridgehead atoms. The molecule has 1 aliphatic rings. The van der Waals surface area contributed by atoms with Gasteiger partial charge in [0.05, 0.1) is 6.04 Å². The Hall–Kier alpha value is -0.970. The summed E-state index contributed by atoms with van der Waals surface area (Å²) in [5.41, 5.74) is 0.0244. The average Bonchev–Trinajstić information content (AvgIpc) is 2.34. The second-order valence-corrected chi connectivity index (χ2v) is 4.69. The molecule has 1 fully saturated rings. The normalized spacial score (nSPS) is 18.6. The maximum atomic E-state index is 13.9. The van der Waals surface area contributed by atoms with E-state index < -0.39 is 17.7 Å². The molecule has 0 saturated carbocycles. The summed E-state index contributed by atoms with van der Waals surface area (Å²) in [4.78, 5) is 2.00. The fourth-order valence-corrected chi connectivity index (χ4v) is 2.44. The van der Waals surface area contributed by atoms with Crippen LogP contribution < -0.4 is 5.32 Å². The molecule has 1 aliphatic heterocycles. The first-order valence-corrected chi connectivity index (χ1v) is 6.23. The summed E-state index contributed by atoms with van der Waals surface area (Å²) in [6, 6.07) is 1.82. The van der Waals surface area contributed by atoms with Crippen LogP contribution in [-0.4, -0.2) is 31.1 Å². The number of rotatable bonds is 3. The number of halogens is 3. The molecule has 1 saturated heterocycles. The van der Waals surface area contributed by atoms with Crippen molar-refractivity contribution in [3.05, 3.63) is 47.0 Å². The zero-order valence-electron chi connectivity index (χ0n) is 9.93. The van der Waals surface area contributed by atoms with E-state index in [1.54, 1.807) is 6.08 Å². The van der Waals surface area contributed by atoms with Gasteiger partial charge in [-0.15, -0.1) is 6.58 Å². The molecule has 2 rings (SSSR count). The molecule has 0 spiro atoms. The standard InChI is InChI=1S/C13H15ClF2N2/c1-2-12(18-5-3-17-4-6-18)13-10(15)7-9(14)8-11(13)16/h2,7-8,12,17H,1,3-6H2/t12-/m0/s1. The molecular weight excluding hydrogens is 258 g/mol. The van der Waals surface area contributed by atoms with Gasteiger partial charge in [0.15, 0.2) is 0 Å². The van der Waals surface area contributed by atoms with Crippen molar-refractivity contribution in [1.29, 1.82) is 0 Å². The number of piperazine rings is 1. The maximum absolute atomic E-state index is 13.9. The van der Waals surface area contributed by atoms with Gasteiger partial charge in [-0.3, -0.25) is 4.90 Å². The zero-order valence-corrected chi connectivity index (χ0v) is 10.7. The Morgan fingerprint density at radius 1 is 1.28 bits per heavy atom. The van der Waals surface area contributed by atoms with Crippen LogP contribution in [0, 0.1) is 11.6 Å². The lowest BCUT2D eigenvalue weighted by Gasteiger charge is -2.33. The van der Waals surface area contributed by atoms with E-state index in [4.69, 9.17) is 11.6 Å². The van der Waals surface area contributed by atoms with Crippen molar-refractivity contribution in [2.75, 3.05) is 26.2 Å². The highest BCUT2D eigenvalue weighted by Crippen LogP contribution is 2.29. The van der Waals surface area contributed by atoms with E-state index in [1.807, 2.05) is 4.90 Å². The third-order valence-corrected chi connectivity index (χ3v) is 3.33. The quantitative estimate of drug-likeness (QED) is 0.851. The van der Waals surface area contributed by atoms with Crippen LogP contribution in [0.15, 0.2) is 24.8 Å². The summed E-state index contributed by atoms with van der Waals surface area (Å²) in [6.07, 6.45) is 1.57. The maximum Gasteiger partial charge on any atom is 0.132 e. The second kappa shape index (κ2) is 5.78. The summed E-state index contributed by atoms with van der Waals surface area (Å²) < 4.78 is 27.8. The van der Waals surface area contributed by atoms with E-state index in [1.165, 1.54) is 0 Å². The number of hydrogen-bond donors (Lipinski definition) is 1. The Labute approximate surface area is 110 Å². The van der Waals surface area contributed by atoms with Gasteiger partial charge in [-0.1, -0.05) is 17.7 Å². The van der Waals surface area contributed by atoms with Gasteiger partial charge >= 0.3 is 0 Å². The van der Waals surface area contributed by atoms with Crippen molar-refractivity contribution in [2.24, 2.45) is 0 Å². The Bertz CT molecular complexity index is 422. The Balaban J connectivity index is 2.35. The van der Waals surface area contributed by atoms with E-state index in [0.717, 1.165) is 38.3 Å². The lowest BCUT2D eigenvalue weighted by molar-refractivity contribution is 0.197. The lowest BCUT2D eigenvalue weighted by atomic mass is 10.0. The molecule has 0 unspecified atom stereocenters.